The number of hydrogen-bond acceptors (Lipinski definition) is 4. The smallest absolute Gasteiger partial charge is 0.341 e. The number of halogens is 1. The van der Waals surface area contributed by atoms with Crippen LogP contribution in [0.25, 0.3) is 5.65 Å². The Morgan fingerprint density at radius 3 is 2.93 bits per heavy atom. The fourth-order valence-electron chi connectivity index (χ4n) is 1.25. The van der Waals surface area contributed by atoms with Crippen molar-refractivity contribution in [1.29, 1.82) is 0 Å². The molecule has 0 amide bonds. The van der Waals surface area contributed by atoms with Gasteiger partial charge in [0.25, 0.3) is 0 Å². The van der Waals surface area contributed by atoms with E-state index in [4.69, 9.17) is 10.8 Å². The third-order valence-electron chi connectivity index (χ3n) is 2.02. The highest BCUT2D eigenvalue weighted by Crippen LogP contribution is 2.19. The minimum absolute atomic E-state index is 0.0404. The molecule has 0 aliphatic heterocycles. The molecule has 2 aromatic heterocycles. The fourth-order valence-corrected chi connectivity index (χ4v) is 1.72. The number of anilines is 1. The Balaban J connectivity index is 2.85. The molecule has 2 rings (SSSR count). The van der Waals surface area contributed by atoms with Gasteiger partial charge < -0.3 is 10.8 Å². The average molecular weight is 318 g/mol. The normalized spacial score (nSPS) is 10.8. The Morgan fingerprint density at radius 1 is 1.67 bits per heavy atom. The van der Waals surface area contributed by atoms with E-state index >= 15 is 0 Å². The standard InChI is InChI=1S/C8H7IN4O2/c1-3-5(9)7-11-2-4(8(14)15)6(10)13(7)12-3/h2H,10H2,1H3,(H,14,15). The molecule has 0 aliphatic rings. The van der Waals surface area contributed by atoms with Crippen molar-refractivity contribution in [2.24, 2.45) is 0 Å². The molecule has 0 spiro atoms. The molecule has 0 unspecified atom stereocenters. The monoisotopic (exact) mass is 318 g/mol. The van der Waals surface area contributed by atoms with Gasteiger partial charge in [0, 0.05) is 6.20 Å². The summed E-state index contributed by atoms with van der Waals surface area (Å²) in [6.07, 6.45) is 1.25. The average Bonchev–Trinajstić information content (AvgIpc) is 2.45. The zero-order valence-electron chi connectivity index (χ0n) is 7.73. The van der Waals surface area contributed by atoms with Gasteiger partial charge in [-0.1, -0.05) is 0 Å². The Morgan fingerprint density at radius 2 is 2.33 bits per heavy atom. The second-order valence-corrected chi connectivity index (χ2v) is 4.08. The number of carboxylic acid groups (broad SMARTS) is 1. The molecule has 15 heavy (non-hydrogen) atoms. The Bertz CT molecular complexity index is 563. The van der Waals surface area contributed by atoms with E-state index < -0.39 is 5.97 Å². The first kappa shape index (κ1) is 10.1. The van der Waals surface area contributed by atoms with Gasteiger partial charge in [-0.3, -0.25) is 0 Å². The van der Waals surface area contributed by atoms with Crippen molar-refractivity contribution in [3.8, 4) is 0 Å². The van der Waals surface area contributed by atoms with Crippen molar-refractivity contribution < 1.29 is 9.90 Å². The third kappa shape index (κ3) is 1.42. The summed E-state index contributed by atoms with van der Waals surface area (Å²) in [4.78, 5) is 14.8. The number of nitrogen functional groups attached to an aromatic ring is 1. The van der Waals surface area contributed by atoms with Gasteiger partial charge in [0.2, 0.25) is 0 Å². The van der Waals surface area contributed by atoms with Gasteiger partial charge in [-0.15, -0.1) is 0 Å². The summed E-state index contributed by atoms with van der Waals surface area (Å²) in [7, 11) is 0. The molecule has 7 heteroatoms. The molecule has 0 saturated heterocycles. The highest BCUT2D eigenvalue weighted by atomic mass is 127. The molecular weight excluding hydrogens is 311 g/mol. The van der Waals surface area contributed by atoms with Gasteiger partial charge in [0.15, 0.2) is 5.65 Å². The van der Waals surface area contributed by atoms with Gasteiger partial charge in [-0.05, 0) is 29.5 Å². The van der Waals surface area contributed by atoms with Crippen LogP contribution >= 0.6 is 22.6 Å². The van der Waals surface area contributed by atoms with Crippen LogP contribution in [-0.4, -0.2) is 25.7 Å². The Hall–Kier alpha value is -1.38. The quantitative estimate of drug-likeness (QED) is 0.763. The topological polar surface area (TPSA) is 93.5 Å². The number of nitrogens with zero attached hydrogens (tertiary/aromatic N) is 3. The van der Waals surface area contributed by atoms with Gasteiger partial charge in [-0.25, -0.2) is 9.78 Å². The van der Waals surface area contributed by atoms with E-state index in [1.165, 1.54) is 10.7 Å². The van der Waals surface area contributed by atoms with E-state index in [-0.39, 0.29) is 11.4 Å². The highest BCUT2D eigenvalue weighted by Gasteiger charge is 2.16. The number of carboxylic acids is 1. The van der Waals surface area contributed by atoms with E-state index in [0.29, 0.717) is 5.65 Å². The summed E-state index contributed by atoms with van der Waals surface area (Å²) in [6, 6.07) is 0. The first-order chi connectivity index (χ1) is 7.02. The van der Waals surface area contributed by atoms with Gasteiger partial charge in [0.05, 0.1) is 9.26 Å². The molecule has 0 bridgehead atoms. The van der Waals surface area contributed by atoms with Crippen LogP contribution in [0.1, 0.15) is 16.1 Å². The van der Waals surface area contributed by atoms with Crippen molar-refractivity contribution in [3.63, 3.8) is 0 Å². The van der Waals surface area contributed by atoms with E-state index in [0.717, 1.165) is 9.26 Å². The second kappa shape index (κ2) is 3.33. The van der Waals surface area contributed by atoms with Crippen molar-refractivity contribution >= 4 is 40.0 Å². The zero-order chi connectivity index (χ0) is 11.2. The molecule has 3 N–H and O–H groups in total. The Kier molecular flexibility index (Phi) is 2.25. The maximum absolute atomic E-state index is 10.8. The molecule has 0 atom stereocenters. The van der Waals surface area contributed by atoms with Crippen LogP contribution in [0.15, 0.2) is 6.20 Å². The van der Waals surface area contributed by atoms with Crippen molar-refractivity contribution in [1.82, 2.24) is 14.6 Å². The van der Waals surface area contributed by atoms with Crippen LogP contribution in [-0.2, 0) is 0 Å². The Labute approximate surface area is 98.2 Å². The first-order valence-corrected chi connectivity index (χ1v) is 5.13. The lowest BCUT2D eigenvalue weighted by Gasteiger charge is -2.01. The second-order valence-electron chi connectivity index (χ2n) is 3.00. The number of rotatable bonds is 1. The lowest BCUT2D eigenvalue weighted by atomic mass is 10.3. The number of fused-ring (bicyclic) bond motifs is 1. The summed E-state index contributed by atoms with van der Waals surface area (Å²) >= 11 is 2.09. The summed E-state index contributed by atoms with van der Waals surface area (Å²) in [6.45, 7) is 1.82. The molecule has 2 heterocycles. The summed E-state index contributed by atoms with van der Waals surface area (Å²) in [5.41, 5.74) is 6.99. The minimum atomic E-state index is -1.11. The third-order valence-corrected chi connectivity index (χ3v) is 3.28. The largest absolute Gasteiger partial charge is 0.477 e. The van der Waals surface area contributed by atoms with Crippen molar-refractivity contribution in [2.75, 3.05) is 5.73 Å². The van der Waals surface area contributed by atoms with E-state index in [2.05, 4.69) is 32.7 Å². The lowest BCUT2D eigenvalue weighted by molar-refractivity contribution is 0.0697. The number of aryl methyl sites for hydroxylation is 1. The van der Waals surface area contributed by atoms with Gasteiger partial charge in [-0.2, -0.15) is 9.61 Å². The predicted molar refractivity (Wildman–Crippen MR) is 61.8 cm³/mol. The zero-order valence-corrected chi connectivity index (χ0v) is 9.89. The van der Waals surface area contributed by atoms with Crippen LogP contribution in [0, 0.1) is 10.5 Å². The molecule has 0 fully saturated rings. The molecule has 0 aliphatic carbocycles. The van der Waals surface area contributed by atoms with E-state index in [1.54, 1.807) is 0 Å². The predicted octanol–water partition coefficient (Wildman–Crippen LogP) is 0.923. The van der Waals surface area contributed by atoms with Gasteiger partial charge in [0.1, 0.15) is 11.4 Å². The van der Waals surface area contributed by atoms with Crippen molar-refractivity contribution in [3.05, 3.63) is 21.0 Å². The number of aromatic nitrogens is 3. The SMILES string of the molecule is Cc1nn2c(N)c(C(=O)O)cnc2c1I. The number of nitrogens with two attached hydrogens (primary N) is 1. The van der Waals surface area contributed by atoms with Crippen LogP contribution in [0.3, 0.4) is 0 Å². The van der Waals surface area contributed by atoms with E-state index in [1.807, 2.05) is 6.92 Å². The molecule has 2 aromatic rings. The van der Waals surface area contributed by atoms with E-state index in [9.17, 15) is 4.79 Å². The highest BCUT2D eigenvalue weighted by molar-refractivity contribution is 14.1. The summed E-state index contributed by atoms with van der Waals surface area (Å²) in [5, 5.41) is 13.0. The lowest BCUT2D eigenvalue weighted by Crippen LogP contribution is -2.09. The van der Waals surface area contributed by atoms with Crippen molar-refractivity contribution in [2.45, 2.75) is 6.92 Å². The molecule has 0 aromatic carbocycles. The maximum Gasteiger partial charge on any atom is 0.341 e. The first-order valence-electron chi connectivity index (χ1n) is 4.05. The summed E-state index contributed by atoms with van der Waals surface area (Å²) in [5.74, 6) is -1.01. The number of aromatic carboxylic acids is 1. The number of hydrogen-bond donors (Lipinski definition) is 2. The molecule has 0 saturated carbocycles. The minimum Gasteiger partial charge on any atom is -0.477 e. The summed E-state index contributed by atoms with van der Waals surface area (Å²) < 4.78 is 2.22. The van der Waals surface area contributed by atoms with Gasteiger partial charge >= 0.3 is 5.97 Å². The maximum atomic E-state index is 10.8. The van der Waals surface area contributed by atoms with Crippen LogP contribution in [0.5, 0.6) is 0 Å². The van der Waals surface area contributed by atoms with Crippen LogP contribution in [0.2, 0.25) is 0 Å². The molecule has 78 valence electrons. The van der Waals surface area contributed by atoms with Crippen LogP contribution in [0.4, 0.5) is 5.82 Å². The molecular formula is C8H7IN4O2. The number of carbonyl (C=O) groups is 1. The molecule has 0 radical (unpaired) electrons. The fraction of sp³-hybridized carbons (Fsp3) is 0.125. The van der Waals surface area contributed by atoms with Crippen LogP contribution < -0.4 is 5.73 Å². The molecule has 6 nitrogen and oxygen atoms in total.